The van der Waals surface area contributed by atoms with Crippen LogP contribution in [-0.2, 0) is 0 Å². The summed E-state index contributed by atoms with van der Waals surface area (Å²) in [4.78, 5) is 3.47. The summed E-state index contributed by atoms with van der Waals surface area (Å²) in [6.07, 6.45) is -4.88. The van der Waals surface area contributed by atoms with Gasteiger partial charge in [0.25, 0.3) is 0 Å². The number of aryl methyl sites for hydroxylation is 1. The summed E-state index contributed by atoms with van der Waals surface area (Å²) < 4.78 is 55.4. The summed E-state index contributed by atoms with van der Waals surface area (Å²) >= 11 is 0. The van der Waals surface area contributed by atoms with Gasteiger partial charge in [-0.15, -0.1) is 0 Å². The van der Waals surface area contributed by atoms with E-state index in [-0.39, 0.29) is 17.0 Å². The monoisotopic (exact) mass is 423 g/mol. The van der Waals surface area contributed by atoms with Crippen LogP contribution in [0.15, 0.2) is 59.4 Å². The second-order valence-corrected chi connectivity index (χ2v) is 6.96. The second kappa shape index (κ2) is 7.29. The van der Waals surface area contributed by atoms with Gasteiger partial charge in [-0.25, -0.2) is 9.24 Å². The first-order valence-corrected chi connectivity index (χ1v) is 9.05. The first-order valence-electron chi connectivity index (χ1n) is 9.05. The van der Waals surface area contributed by atoms with Crippen molar-refractivity contribution in [1.82, 2.24) is 15.5 Å². The van der Waals surface area contributed by atoms with E-state index in [1.165, 1.54) is 18.2 Å². The fourth-order valence-electron chi connectivity index (χ4n) is 3.67. The van der Waals surface area contributed by atoms with Gasteiger partial charge < -0.3 is 5.32 Å². The van der Waals surface area contributed by atoms with Gasteiger partial charge in [0.05, 0.1) is 29.6 Å². The fraction of sp³-hybridized carbons (Fsp3) is 0.136. The number of aromatic nitrogens is 2. The average molecular weight is 423 g/mol. The molecule has 2 aromatic carbocycles. The van der Waals surface area contributed by atoms with E-state index in [1.807, 2.05) is 0 Å². The lowest BCUT2D eigenvalue weighted by Gasteiger charge is -2.30. The summed E-state index contributed by atoms with van der Waals surface area (Å²) in [5.74, 6) is -1.94. The number of nitrogens with one attached hydrogen (secondary N) is 2. The molecule has 0 spiro atoms. The number of fused-ring (bicyclic) bond motifs is 1. The third kappa shape index (κ3) is 3.40. The van der Waals surface area contributed by atoms with Crippen LogP contribution in [0.5, 0.6) is 0 Å². The molecule has 0 amide bonds. The average Bonchev–Trinajstić information content (AvgIpc) is 3.11. The Labute approximate surface area is 174 Å². The number of H-pyrrole nitrogens is 1. The number of nitrogens with zero attached hydrogens (tertiary/aromatic N) is 3. The van der Waals surface area contributed by atoms with Crippen LogP contribution in [0.3, 0.4) is 0 Å². The normalized spacial score (nSPS) is 16.8. The summed E-state index contributed by atoms with van der Waals surface area (Å²) in [6.45, 7) is 9.43. The van der Waals surface area contributed by atoms with Crippen molar-refractivity contribution in [3.05, 3.63) is 93.5 Å². The lowest BCUT2D eigenvalue weighted by Crippen LogP contribution is -2.33. The van der Waals surface area contributed by atoms with E-state index in [1.54, 1.807) is 25.1 Å². The molecule has 9 heteroatoms. The third-order valence-electron chi connectivity index (χ3n) is 5.08. The molecule has 2 heterocycles. The molecule has 2 N–H and O–H groups in total. The fourth-order valence-corrected chi connectivity index (χ4v) is 3.67. The van der Waals surface area contributed by atoms with Crippen LogP contribution in [-0.4, -0.2) is 16.4 Å². The van der Waals surface area contributed by atoms with Crippen LogP contribution < -0.4 is 5.32 Å². The van der Waals surface area contributed by atoms with Crippen LogP contribution in [0.25, 0.3) is 21.4 Å². The minimum Gasteiger partial charge on any atom is -0.360 e. The molecule has 1 unspecified atom stereocenters. The molecule has 1 aromatic heterocycles. The SMILES string of the molecule is [C-]#[N+]C1=C(c2cccc(F)c2)NC(C(F)(F)F)=C(C#N)C1c1ccc2n[nH]c(C)c2c1. The Hall–Kier alpha value is -4.11. The number of hydrogen-bond acceptors (Lipinski definition) is 3. The van der Waals surface area contributed by atoms with Crippen LogP contribution in [0, 0.1) is 30.6 Å². The Bertz CT molecular complexity index is 1350. The van der Waals surface area contributed by atoms with Crippen molar-refractivity contribution >= 4 is 16.6 Å². The number of allylic oxidation sites excluding steroid dienone is 2. The highest BCUT2D eigenvalue weighted by Crippen LogP contribution is 2.45. The molecule has 1 aliphatic rings. The standard InChI is InChI=1S/C22H13F4N5/c1-11-15-9-12(6-7-17(15)31-30-11)18-16(10-27)21(22(24,25)26)29-19(20(18)28-2)13-4-3-5-14(23)8-13/h3-9,18,29H,1H3,(H,30,31). The van der Waals surface area contributed by atoms with Crippen LogP contribution in [0.4, 0.5) is 17.6 Å². The van der Waals surface area contributed by atoms with Gasteiger partial charge in [0.15, 0.2) is 0 Å². The minimum atomic E-state index is -4.88. The lowest BCUT2D eigenvalue weighted by molar-refractivity contribution is -0.0962. The zero-order chi connectivity index (χ0) is 22.3. The Kier molecular flexibility index (Phi) is 4.75. The molecule has 0 saturated carbocycles. The van der Waals surface area contributed by atoms with Crippen molar-refractivity contribution < 1.29 is 17.6 Å². The molecular formula is C22H13F4N5. The molecule has 1 aliphatic heterocycles. The van der Waals surface area contributed by atoms with Crippen molar-refractivity contribution in [1.29, 1.82) is 5.26 Å². The number of dihydropyridines is 1. The van der Waals surface area contributed by atoms with Gasteiger partial charge in [0, 0.05) is 16.8 Å². The maximum absolute atomic E-state index is 13.9. The highest BCUT2D eigenvalue weighted by Gasteiger charge is 2.44. The van der Waals surface area contributed by atoms with Gasteiger partial charge in [-0.2, -0.15) is 23.5 Å². The van der Waals surface area contributed by atoms with Crippen LogP contribution in [0.2, 0.25) is 0 Å². The zero-order valence-electron chi connectivity index (χ0n) is 16.0. The minimum absolute atomic E-state index is 0.0790. The van der Waals surface area contributed by atoms with E-state index in [2.05, 4.69) is 20.4 Å². The van der Waals surface area contributed by atoms with Gasteiger partial charge in [0.1, 0.15) is 11.5 Å². The van der Waals surface area contributed by atoms with Gasteiger partial charge in [0.2, 0.25) is 5.70 Å². The molecule has 0 fully saturated rings. The Morgan fingerprint density at radius 3 is 2.61 bits per heavy atom. The predicted molar refractivity (Wildman–Crippen MR) is 105 cm³/mol. The lowest BCUT2D eigenvalue weighted by atomic mass is 9.82. The van der Waals surface area contributed by atoms with Crippen molar-refractivity contribution in [3.8, 4) is 6.07 Å². The predicted octanol–water partition coefficient (Wildman–Crippen LogP) is 5.33. The summed E-state index contributed by atoms with van der Waals surface area (Å²) in [7, 11) is 0. The summed E-state index contributed by atoms with van der Waals surface area (Å²) in [5, 5.41) is 19.4. The Balaban J connectivity index is 2.03. The molecular weight excluding hydrogens is 410 g/mol. The topological polar surface area (TPSA) is 68.9 Å². The van der Waals surface area contributed by atoms with E-state index in [0.29, 0.717) is 22.2 Å². The van der Waals surface area contributed by atoms with Crippen molar-refractivity contribution in [2.75, 3.05) is 0 Å². The maximum Gasteiger partial charge on any atom is 0.432 e. The summed E-state index contributed by atoms with van der Waals surface area (Å²) in [5.41, 5.74) is -0.497. The number of nitriles is 1. The molecule has 0 radical (unpaired) electrons. The van der Waals surface area contributed by atoms with Crippen molar-refractivity contribution in [3.63, 3.8) is 0 Å². The maximum atomic E-state index is 13.9. The molecule has 3 aromatic rings. The largest absolute Gasteiger partial charge is 0.432 e. The molecule has 4 rings (SSSR count). The molecule has 31 heavy (non-hydrogen) atoms. The quantitative estimate of drug-likeness (QED) is 0.433. The molecule has 154 valence electrons. The smallest absolute Gasteiger partial charge is 0.360 e. The number of aromatic amines is 1. The highest BCUT2D eigenvalue weighted by atomic mass is 19.4. The first kappa shape index (κ1) is 20.2. The zero-order valence-corrected chi connectivity index (χ0v) is 16.0. The van der Waals surface area contributed by atoms with Gasteiger partial charge in [-0.3, -0.25) is 5.10 Å². The van der Waals surface area contributed by atoms with Gasteiger partial charge >= 0.3 is 6.18 Å². The van der Waals surface area contributed by atoms with Crippen LogP contribution in [0.1, 0.15) is 22.7 Å². The molecule has 5 nitrogen and oxygen atoms in total. The third-order valence-corrected chi connectivity index (χ3v) is 5.08. The van der Waals surface area contributed by atoms with Crippen molar-refractivity contribution in [2.24, 2.45) is 0 Å². The van der Waals surface area contributed by atoms with E-state index >= 15 is 0 Å². The van der Waals surface area contributed by atoms with Crippen LogP contribution >= 0.6 is 0 Å². The first-order chi connectivity index (χ1) is 14.7. The Morgan fingerprint density at radius 2 is 1.97 bits per heavy atom. The van der Waals surface area contributed by atoms with E-state index in [9.17, 15) is 22.8 Å². The Morgan fingerprint density at radius 1 is 1.19 bits per heavy atom. The molecule has 1 atom stereocenters. The number of benzene rings is 2. The van der Waals surface area contributed by atoms with Gasteiger partial charge in [-0.05, 0) is 42.3 Å². The van der Waals surface area contributed by atoms with Crippen molar-refractivity contribution in [2.45, 2.75) is 19.0 Å². The van der Waals surface area contributed by atoms with Gasteiger partial charge in [-0.1, -0.05) is 18.2 Å². The molecule has 0 aliphatic carbocycles. The second-order valence-electron chi connectivity index (χ2n) is 6.96. The number of alkyl halides is 3. The highest BCUT2D eigenvalue weighted by molar-refractivity contribution is 5.83. The van der Waals surface area contributed by atoms with E-state index < -0.39 is 29.2 Å². The summed E-state index contributed by atoms with van der Waals surface area (Å²) in [6, 6.07) is 11.3. The number of rotatable bonds is 2. The van der Waals surface area contributed by atoms with E-state index in [0.717, 1.165) is 12.1 Å². The molecule has 0 saturated heterocycles. The molecule has 0 bridgehead atoms. The number of hydrogen-bond donors (Lipinski definition) is 2. The van der Waals surface area contributed by atoms with E-state index in [4.69, 9.17) is 6.57 Å². The number of halogens is 4.